The predicted octanol–water partition coefficient (Wildman–Crippen LogP) is 0.194. The van der Waals surface area contributed by atoms with Crippen LogP contribution in [0.15, 0.2) is 29.5 Å². The summed E-state index contributed by atoms with van der Waals surface area (Å²) in [7, 11) is 0. The maximum Gasteiger partial charge on any atom is 0.407 e. The summed E-state index contributed by atoms with van der Waals surface area (Å²) in [5, 5.41) is 17.3. The fourth-order valence-corrected chi connectivity index (χ4v) is 2.76. The van der Waals surface area contributed by atoms with Gasteiger partial charge in [-0.2, -0.15) is 0 Å². The molecule has 0 unspecified atom stereocenters. The van der Waals surface area contributed by atoms with Crippen molar-refractivity contribution in [2.75, 3.05) is 19.7 Å². The molecule has 27 heavy (non-hydrogen) atoms. The highest BCUT2D eigenvalue weighted by molar-refractivity contribution is 5.91. The van der Waals surface area contributed by atoms with Crippen molar-refractivity contribution in [3.05, 3.63) is 46.4 Å². The third-order valence-electron chi connectivity index (χ3n) is 4.10. The fraction of sp³-hybridized carbons (Fsp3) is 0.412. The van der Waals surface area contributed by atoms with E-state index in [1.165, 1.54) is 23.4 Å². The number of hydrogen-bond donors (Lipinski definition) is 3. The zero-order valence-electron chi connectivity index (χ0n) is 15.0. The number of imidazole rings is 1. The second kappa shape index (κ2) is 8.99. The first kappa shape index (κ1) is 20.2. The molecule has 0 aliphatic carbocycles. The van der Waals surface area contributed by atoms with Gasteiger partial charge in [0.2, 0.25) is 0 Å². The Labute approximate surface area is 155 Å². The number of nitrogens with zero attached hydrogens (tertiary/aromatic N) is 4. The maximum atomic E-state index is 12.3. The predicted molar refractivity (Wildman–Crippen MR) is 97.0 cm³/mol. The number of amides is 2. The Morgan fingerprint density at radius 2 is 1.93 bits per heavy atom. The Hall–Kier alpha value is -3.14. The Bertz CT molecular complexity index is 867. The molecule has 3 rings (SSSR count). The van der Waals surface area contributed by atoms with Crippen molar-refractivity contribution in [1.82, 2.24) is 19.0 Å². The molecule has 0 aromatic carbocycles. The average Bonchev–Trinajstić information content (AvgIpc) is 3.29. The molecule has 10 nitrogen and oxygen atoms in total. The number of primary amides is 1. The minimum absolute atomic E-state index is 0.0125. The van der Waals surface area contributed by atoms with Gasteiger partial charge in [-0.3, -0.25) is 14.2 Å². The lowest BCUT2D eigenvalue weighted by molar-refractivity contribution is 0.0988. The van der Waals surface area contributed by atoms with E-state index in [0.717, 1.165) is 36.2 Å². The zero-order valence-corrected chi connectivity index (χ0v) is 15.0. The van der Waals surface area contributed by atoms with E-state index in [2.05, 4.69) is 4.98 Å². The van der Waals surface area contributed by atoms with E-state index in [1.807, 2.05) is 0 Å². The second-order valence-corrected chi connectivity index (χ2v) is 6.05. The van der Waals surface area contributed by atoms with Crippen LogP contribution in [0.25, 0.3) is 5.69 Å². The lowest BCUT2D eigenvalue weighted by Crippen LogP contribution is -2.32. The molecule has 4 N–H and O–H groups in total. The average molecular weight is 377 g/mol. The molecule has 0 radical (unpaired) electrons. The van der Waals surface area contributed by atoms with E-state index in [0.29, 0.717) is 5.69 Å². The molecule has 2 amide bonds. The normalized spacial score (nSPS) is 13.2. The van der Waals surface area contributed by atoms with Crippen molar-refractivity contribution in [2.24, 2.45) is 5.73 Å². The molecule has 0 bridgehead atoms. The van der Waals surface area contributed by atoms with Crippen LogP contribution in [0, 0.1) is 6.92 Å². The van der Waals surface area contributed by atoms with Crippen LogP contribution in [-0.2, 0) is 6.54 Å². The maximum absolute atomic E-state index is 12.3. The summed E-state index contributed by atoms with van der Waals surface area (Å²) in [6.07, 6.45) is 4.50. The lowest BCUT2D eigenvalue weighted by Gasteiger charge is -2.11. The van der Waals surface area contributed by atoms with Gasteiger partial charge in [0, 0.05) is 25.8 Å². The first-order chi connectivity index (χ1) is 12.8. The van der Waals surface area contributed by atoms with Crippen molar-refractivity contribution in [3.63, 3.8) is 0 Å². The van der Waals surface area contributed by atoms with Gasteiger partial charge in [0.05, 0.1) is 18.6 Å². The first-order valence-electron chi connectivity index (χ1n) is 8.48. The summed E-state index contributed by atoms with van der Waals surface area (Å²) in [5.74, 6) is -0.709. The Morgan fingerprint density at radius 3 is 2.37 bits per heavy atom. The molecule has 2 aromatic heterocycles. The second-order valence-electron chi connectivity index (χ2n) is 6.05. The molecule has 146 valence electrons. The number of carboxylic acid groups (broad SMARTS) is 1. The van der Waals surface area contributed by atoms with Gasteiger partial charge in [0.25, 0.3) is 11.5 Å². The number of aromatic nitrogens is 3. The highest BCUT2D eigenvalue weighted by atomic mass is 16.4. The monoisotopic (exact) mass is 377 g/mol. The van der Waals surface area contributed by atoms with Crippen LogP contribution in [0.3, 0.4) is 0 Å². The molecule has 10 heteroatoms. The molecular weight excluding hydrogens is 354 g/mol. The van der Waals surface area contributed by atoms with Crippen molar-refractivity contribution in [3.8, 4) is 5.69 Å². The fourth-order valence-electron chi connectivity index (χ4n) is 2.76. The SMILES string of the molecule is Cc1cn(-c2ccc(C(N)=O)n(CCO)c2=O)cn1.O=C(O)N1CCCC1. The van der Waals surface area contributed by atoms with Gasteiger partial charge >= 0.3 is 6.09 Å². The van der Waals surface area contributed by atoms with Crippen molar-refractivity contribution >= 4 is 12.0 Å². The molecule has 0 atom stereocenters. The summed E-state index contributed by atoms with van der Waals surface area (Å²) in [4.78, 5) is 39.2. The van der Waals surface area contributed by atoms with E-state index in [4.69, 9.17) is 15.9 Å². The van der Waals surface area contributed by atoms with Crippen LogP contribution in [0.2, 0.25) is 0 Å². The van der Waals surface area contributed by atoms with Gasteiger partial charge in [-0.05, 0) is 31.9 Å². The summed E-state index contributed by atoms with van der Waals surface area (Å²) in [5.41, 5.74) is 5.99. The van der Waals surface area contributed by atoms with Crippen LogP contribution >= 0.6 is 0 Å². The van der Waals surface area contributed by atoms with E-state index in [-0.39, 0.29) is 18.8 Å². The summed E-state index contributed by atoms with van der Waals surface area (Å²) < 4.78 is 2.73. The largest absolute Gasteiger partial charge is 0.465 e. The molecule has 2 aromatic rings. The molecule has 0 spiro atoms. The summed E-state index contributed by atoms with van der Waals surface area (Å²) >= 11 is 0. The minimum atomic E-state index is -0.775. The van der Waals surface area contributed by atoms with Crippen LogP contribution in [0.4, 0.5) is 4.79 Å². The number of pyridine rings is 1. The van der Waals surface area contributed by atoms with Gasteiger partial charge in [-0.25, -0.2) is 9.78 Å². The number of nitrogens with two attached hydrogens (primary N) is 1. The Balaban J connectivity index is 0.000000273. The van der Waals surface area contributed by atoms with E-state index >= 15 is 0 Å². The summed E-state index contributed by atoms with van der Waals surface area (Å²) in [6.45, 7) is 3.02. The third-order valence-corrected chi connectivity index (χ3v) is 4.10. The van der Waals surface area contributed by atoms with Gasteiger partial charge in [0.1, 0.15) is 11.4 Å². The number of hydrogen-bond acceptors (Lipinski definition) is 5. The van der Waals surface area contributed by atoms with Crippen LogP contribution in [0.5, 0.6) is 0 Å². The first-order valence-corrected chi connectivity index (χ1v) is 8.48. The topological polar surface area (TPSA) is 144 Å². The van der Waals surface area contributed by atoms with E-state index in [1.54, 1.807) is 17.7 Å². The number of aryl methyl sites for hydroxylation is 1. The van der Waals surface area contributed by atoms with Crippen molar-refractivity contribution in [1.29, 1.82) is 0 Å². The number of likely N-dealkylation sites (tertiary alicyclic amines) is 1. The molecular formula is C17H23N5O5. The van der Waals surface area contributed by atoms with Gasteiger partial charge in [-0.1, -0.05) is 0 Å². The lowest BCUT2D eigenvalue weighted by atomic mass is 10.3. The van der Waals surface area contributed by atoms with Crippen LogP contribution in [-0.4, -0.2) is 60.9 Å². The van der Waals surface area contributed by atoms with Gasteiger partial charge in [0.15, 0.2) is 0 Å². The minimum Gasteiger partial charge on any atom is -0.465 e. The quantitative estimate of drug-likeness (QED) is 0.694. The molecule has 1 fully saturated rings. The molecule has 1 aliphatic rings. The number of carbonyl (C=O) groups excluding carboxylic acids is 1. The van der Waals surface area contributed by atoms with Crippen molar-refractivity contribution in [2.45, 2.75) is 26.3 Å². The number of carbonyl (C=O) groups is 2. The standard InChI is InChI=1S/C12H14N4O3.C5H9NO2/c1-8-6-15(7-14-8)10-3-2-9(11(13)18)16(4-5-17)12(10)19;7-5(8)6-3-1-2-4-6/h2-3,6-7,17H,4-5H2,1H3,(H2,13,18);1-4H2,(H,7,8). The molecule has 3 heterocycles. The highest BCUT2D eigenvalue weighted by Crippen LogP contribution is 2.07. The van der Waals surface area contributed by atoms with E-state index < -0.39 is 17.6 Å². The smallest absolute Gasteiger partial charge is 0.407 e. The van der Waals surface area contributed by atoms with Gasteiger partial charge in [-0.15, -0.1) is 0 Å². The Kier molecular flexibility index (Phi) is 6.72. The van der Waals surface area contributed by atoms with Crippen LogP contribution < -0.4 is 11.3 Å². The number of aliphatic hydroxyl groups excluding tert-OH is 1. The summed E-state index contributed by atoms with van der Waals surface area (Å²) in [6, 6.07) is 2.97. The highest BCUT2D eigenvalue weighted by Gasteiger charge is 2.15. The number of rotatable bonds is 4. The Morgan fingerprint density at radius 1 is 1.26 bits per heavy atom. The van der Waals surface area contributed by atoms with Crippen molar-refractivity contribution < 1.29 is 19.8 Å². The molecule has 0 saturated carbocycles. The zero-order chi connectivity index (χ0) is 20.0. The van der Waals surface area contributed by atoms with E-state index in [9.17, 15) is 14.4 Å². The van der Waals surface area contributed by atoms with Gasteiger partial charge < -0.3 is 25.4 Å². The molecule has 1 aliphatic heterocycles. The third kappa shape index (κ3) is 4.94. The van der Waals surface area contributed by atoms with Crippen LogP contribution in [0.1, 0.15) is 29.0 Å². The number of aliphatic hydroxyl groups is 1. The molecule has 1 saturated heterocycles.